The molecule has 0 unspecified atom stereocenters. The monoisotopic (exact) mass is 210 g/mol. The van der Waals surface area contributed by atoms with Gasteiger partial charge in [0.25, 0.3) is 0 Å². The van der Waals surface area contributed by atoms with Gasteiger partial charge in [0.15, 0.2) is 0 Å². The van der Waals surface area contributed by atoms with Crippen LogP contribution in [0.4, 0.5) is 0 Å². The summed E-state index contributed by atoms with van der Waals surface area (Å²) in [6.45, 7) is 2.97. The summed E-state index contributed by atoms with van der Waals surface area (Å²) in [6.07, 6.45) is 3.58. The fourth-order valence-electron chi connectivity index (χ4n) is 1.62. The maximum absolute atomic E-state index is 11.6. The number of carbonyl (C=O) groups is 1. The molecule has 1 N–H and O–H groups in total. The Morgan fingerprint density at radius 2 is 2.33 bits per heavy atom. The van der Waals surface area contributed by atoms with E-state index in [2.05, 4.69) is 10.1 Å². The zero-order chi connectivity index (χ0) is 10.9. The zero-order valence-electron chi connectivity index (χ0n) is 8.63. The summed E-state index contributed by atoms with van der Waals surface area (Å²) in [4.78, 5) is 17.0. The van der Waals surface area contributed by atoms with Crippen LogP contribution >= 0.6 is 0 Å². The van der Waals surface area contributed by atoms with Gasteiger partial charge in [-0.3, -0.25) is 4.79 Å². The molecule has 0 bridgehead atoms. The lowest BCUT2D eigenvalue weighted by Gasteiger charge is -2.46. The predicted octanol–water partition coefficient (Wildman–Crippen LogP) is -0.739. The molecule has 0 aromatic carbocycles. The number of hydrogen-bond acceptors (Lipinski definition) is 4. The SMILES string of the molecule is CCC1(O)CN(C(=O)Cn2cncn2)C1. The van der Waals surface area contributed by atoms with E-state index in [4.69, 9.17) is 0 Å². The number of nitrogens with zero attached hydrogens (tertiary/aromatic N) is 4. The molecule has 1 amide bonds. The number of aliphatic hydroxyl groups is 1. The van der Waals surface area contributed by atoms with Crippen molar-refractivity contribution in [1.29, 1.82) is 0 Å². The number of rotatable bonds is 3. The number of carbonyl (C=O) groups excluding carboxylic acids is 1. The minimum absolute atomic E-state index is 0.0291. The first-order valence-corrected chi connectivity index (χ1v) is 4.95. The Balaban J connectivity index is 1.85. The van der Waals surface area contributed by atoms with Crippen LogP contribution in [0.25, 0.3) is 0 Å². The molecular formula is C9H14N4O2. The van der Waals surface area contributed by atoms with Gasteiger partial charge in [-0.25, -0.2) is 9.67 Å². The Morgan fingerprint density at radius 3 is 2.87 bits per heavy atom. The Hall–Kier alpha value is -1.43. The van der Waals surface area contributed by atoms with Crippen LogP contribution in [0.15, 0.2) is 12.7 Å². The van der Waals surface area contributed by atoms with Crippen LogP contribution in [0.1, 0.15) is 13.3 Å². The molecule has 15 heavy (non-hydrogen) atoms. The fourth-order valence-corrected chi connectivity index (χ4v) is 1.62. The third kappa shape index (κ3) is 1.99. The van der Waals surface area contributed by atoms with Crippen LogP contribution in [-0.2, 0) is 11.3 Å². The van der Waals surface area contributed by atoms with Crippen molar-refractivity contribution in [2.75, 3.05) is 13.1 Å². The summed E-state index contributed by atoms with van der Waals surface area (Å²) in [5.74, 6) is -0.0291. The third-order valence-corrected chi connectivity index (χ3v) is 2.75. The van der Waals surface area contributed by atoms with Crippen molar-refractivity contribution in [3.63, 3.8) is 0 Å². The van der Waals surface area contributed by atoms with Gasteiger partial charge in [-0.05, 0) is 6.42 Å². The van der Waals surface area contributed by atoms with Gasteiger partial charge in [0.2, 0.25) is 5.91 Å². The first kappa shape index (κ1) is 10.1. The molecule has 0 atom stereocenters. The molecule has 6 nitrogen and oxygen atoms in total. The highest BCUT2D eigenvalue weighted by molar-refractivity contribution is 5.77. The lowest BCUT2D eigenvalue weighted by molar-refractivity contribution is -0.156. The lowest BCUT2D eigenvalue weighted by Crippen LogP contribution is -2.63. The number of likely N-dealkylation sites (tertiary alicyclic amines) is 1. The van der Waals surface area contributed by atoms with Crippen LogP contribution < -0.4 is 0 Å². The van der Waals surface area contributed by atoms with Gasteiger partial charge in [-0.2, -0.15) is 5.10 Å². The number of amides is 1. The van der Waals surface area contributed by atoms with Gasteiger partial charge < -0.3 is 10.0 Å². The summed E-state index contributed by atoms with van der Waals surface area (Å²) in [7, 11) is 0. The van der Waals surface area contributed by atoms with Crippen molar-refractivity contribution in [2.45, 2.75) is 25.5 Å². The largest absolute Gasteiger partial charge is 0.386 e. The van der Waals surface area contributed by atoms with E-state index in [9.17, 15) is 9.90 Å². The standard InChI is InChI=1S/C9H14N4O2/c1-2-9(15)4-12(5-9)8(14)3-13-7-10-6-11-13/h6-7,15H,2-5H2,1H3. The fraction of sp³-hybridized carbons (Fsp3) is 0.667. The van der Waals surface area contributed by atoms with E-state index in [-0.39, 0.29) is 12.5 Å². The molecule has 2 rings (SSSR count). The van der Waals surface area contributed by atoms with Crippen LogP contribution in [0.5, 0.6) is 0 Å². The van der Waals surface area contributed by atoms with E-state index in [1.807, 2.05) is 6.92 Å². The normalized spacial score (nSPS) is 18.7. The second-order valence-corrected chi connectivity index (χ2v) is 3.92. The molecule has 82 valence electrons. The number of aromatic nitrogens is 3. The van der Waals surface area contributed by atoms with Crippen LogP contribution in [-0.4, -0.2) is 49.4 Å². The maximum atomic E-state index is 11.6. The summed E-state index contributed by atoms with van der Waals surface area (Å²) < 4.78 is 1.48. The second kappa shape index (κ2) is 3.62. The predicted molar refractivity (Wildman–Crippen MR) is 51.8 cm³/mol. The van der Waals surface area contributed by atoms with Gasteiger partial charge in [0, 0.05) is 0 Å². The van der Waals surface area contributed by atoms with Crippen molar-refractivity contribution in [3.8, 4) is 0 Å². The Bertz CT molecular complexity index is 343. The van der Waals surface area contributed by atoms with Gasteiger partial charge in [-0.1, -0.05) is 6.92 Å². The summed E-state index contributed by atoms with van der Waals surface area (Å²) in [6, 6.07) is 0. The smallest absolute Gasteiger partial charge is 0.244 e. The molecule has 0 radical (unpaired) electrons. The lowest BCUT2D eigenvalue weighted by atomic mass is 9.91. The minimum Gasteiger partial charge on any atom is -0.386 e. The van der Waals surface area contributed by atoms with Crippen LogP contribution in [0, 0.1) is 0 Å². The summed E-state index contributed by atoms with van der Waals surface area (Å²) in [5.41, 5.74) is -0.669. The van der Waals surface area contributed by atoms with Gasteiger partial charge >= 0.3 is 0 Å². The van der Waals surface area contributed by atoms with Gasteiger partial charge in [0.05, 0.1) is 18.7 Å². The maximum Gasteiger partial charge on any atom is 0.244 e. The van der Waals surface area contributed by atoms with Crippen molar-refractivity contribution in [3.05, 3.63) is 12.7 Å². The van der Waals surface area contributed by atoms with Crippen molar-refractivity contribution in [1.82, 2.24) is 19.7 Å². The van der Waals surface area contributed by atoms with Crippen molar-refractivity contribution < 1.29 is 9.90 Å². The minimum atomic E-state index is -0.669. The molecule has 1 aromatic rings. The van der Waals surface area contributed by atoms with Crippen LogP contribution in [0.3, 0.4) is 0 Å². The Kier molecular flexibility index (Phi) is 2.44. The highest BCUT2D eigenvalue weighted by Gasteiger charge is 2.41. The van der Waals surface area contributed by atoms with E-state index in [0.717, 1.165) is 0 Å². The molecule has 2 heterocycles. The van der Waals surface area contributed by atoms with Crippen LogP contribution in [0.2, 0.25) is 0 Å². The third-order valence-electron chi connectivity index (χ3n) is 2.75. The number of β-amino-alcohol motifs (C(OH)–C–C–N with tert-alkyl or cyclic N) is 1. The van der Waals surface area contributed by atoms with E-state index in [1.165, 1.54) is 17.3 Å². The Labute approximate surface area is 87.5 Å². The van der Waals surface area contributed by atoms with Crippen molar-refractivity contribution in [2.24, 2.45) is 0 Å². The van der Waals surface area contributed by atoms with Gasteiger partial charge in [0.1, 0.15) is 19.2 Å². The second-order valence-electron chi connectivity index (χ2n) is 3.92. The first-order chi connectivity index (χ1) is 7.13. The van der Waals surface area contributed by atoms with E-state index < -0.39 is 5.60 Å². The van der Waals surface area contributed by atoms with E-state index in [1.54, 1.807) is 4.90 Å². The molecular weight excluding hydrogens is 196 g/mol. The molecule has 0 saturated carbocycles. The molecule has 0 aliphatic carbocycles. The molecule has 1 aliphatic rings. The molecule has 6 heteroatoms. The molecule has 1 saturated heterocycles. The molecule has 1 aliphatic heterocycles. The number of hydrogen-bond donors (Lipinski definition) is 1. The first-order valence-electron chi connectivity index (χ1n) is 4.95. The average molecular weight is 210 g/mol. The average Bonchev–Trinajstić information content (AvgIpc) is 2.65. The quantitative estimate of drug-likeness (QED) is 0.713. The van der Waals surface area contributed by atoms with E-state index in [0.29, 0.717) is 19.5 Å². The highest BCUT2D eigenvalue weighted by Crippen LogP contribution is 2.23. The van der Waals surface area contributed by atoms with Gasteiger partial charge in [-0.15, -0.1) is 0 Å². The highest BCUT2D eigenvalue weighted by atomic mass is 16.3. The summed E-state index contributed by atoms with van der Waals surface area (Å²) in [5, 5.41) is 13.6. The topological polar surface area (TPSA) is 71.2 Å². The Morgan fingerprint density at radius 1 is 1.60 bits per heavy atom. The molecule has 1 fully saturated rings. The molecule has 0 spiro atoms. The van der Waals surface area contributed by atoms with E-state index >= 15 is 0 Å². The zero-order valence-corrected chi connectivity index (χ0v) is 8.63. The molecule has 1 aromatic heterocycles. The van der Waals surface area contributed by atoms with Crippen molar-refractivity contribution >= 4 is 5.91 Å². The summed E-state index contributed by atoms with van der Waals surface area (Å²) >= 11 is 0.